The number of nitrogens with one attached hydrogen (secondary N) is 1. The minimum Gasteiger partial charge on any atom is -0.455 e. The third-order valence-electron chi connectivity index (χ3n) is 7.51. The Morgan fingerprint density at radius 2 is 1.43 bits per heavy atom. The van der Waals surface area contributed by atoms with Gasteiger partial charge in [0.05, 0.1) is 12.6 Å². The van der Waals surface area contributed by atoms with E-state index in [0.29, 0.717) is 18.3 Å². The predicted molar refractivity (Wildman–Crippen MR) is 148 cm³/mol. The zero-order chi connectivity index (χ0) is 25.5. The van der Waals surface area contributed by atoms with Crippen LogP contribution < -0.4 is 5.32 Å². The first-order valence-corrected chi connectivity index (χ1v) is 13.5. The van der Waals surface area contributed by atoms with Crippen LogP contribution >= 0.6 is 0 Å². The van der Waals surface area contributed by atoms with Crippen molar-refractivity contribution in [3.63, 3.8) is 0 Å². The molecule has 1 heterocycles. The highest BCUT2D eigenvalue weighted by Crippen LogP contribution is 2.27. The van der Waals surface area contributed by atoms with E-state index < -0.39 is 0 Å². The van der Waals surface area contributed by atoms with E-state index in [0.717, 1.165) is 23.4 Å². The van der Waals surface area contributed by atoms with Gasteiger partial charge in [-0.25, -0.2) is 0 Å². The molecular formula is C33H36N2O2. The van der Waals surface area contributed by atoms with Gasteiger partial charge in [-0.2, -0.15) is 0 Å². The maximum Gasteiger partial charge on any atom is 0.287 e. The lowest BCUT2D eigenvalue weighted by Crippen LogP contribution is -2.36. The molecule has 4 nitrogen and oxygen atoms in total. The molecule has 0 atom stereocenters. The molecule has 1 amide bonds. The lowest BCUT2D eigenvalue weighted by Gasteiger charge is -2.34. The quantitative estimate of drug-likeness (QED) is 0.264. The molecule has 1 N–H and O–H groups in total. The Labute approximate surface area is 220 Å². The summed E-state index contributed by atoms with van der Waals surface area (Å²) in [6.45, 7) is 3.77. The third kappa shape index (κ3) is 6.39. The average Bonchev–Trinajstić information content (AvgIpc) is 3.43. The molecule has 0 saturated heterocycles. The van der Waals surface area contributed by atoms with E-state index in [1.165, 1.54) is 43.2 Å². The van der Waals surface area contributed by atoms with Crippen LogP contribution in [0.5, 0.6) is 0 Å². The van der Waals surface area contributed by atoms with Gasteiger partial charge in [0.1, 0.15) is 5.76 Å². The van der Waals surface area contributed by atoms with E-state index in [-0.39, 0.29) is 11.9 Å². The first-order valence-electron chi connectivity index (χ1n) is 13.5. The molecule has 1 aliphatic carbocycles. The van der Waals surface area contributed by atoms with Crippen LogP contribution in [0.2, 0.25) is 0 Å². The monoisotopic (exact) mass is 492 g/mol. The number of furan rings is 1. The molecule has 1 saturated carbocycles. The molecule has 1 aromatic heterocycles. The topological polar surface area (TPSA) is 45.5 Å². The number of carbonyl (C=O) groups is 1. The Morgan fingerprint density at radius 1 is 0.811 bits per heavy atom. The highest BCUT2D eigenvalue weighted by Gasteiger charge is 2.24. The van der Waals surface area contributed by atoms with Crippen molar-refractivity contribution in [2.45, 2.75) is 64.2 Å². The van der Waals surface area contributed by atoms with Crippen molar-refractivity contribution in [2.75, 3.05) is 0 Å². The van der Waals surface area contributed by atoms with Crippen molar-refractivity contribution < 1.29 is 9.21 Å². The van der Waals surface area contributed by atoms with Crippen LogP contribution in [0.1, 0.15) is 76.7 Å². The molecule has 0 radical (unpaired) electrons. The van der Waals surface area contributed by atoms with Gasteiger partial charge in [-0.1, -0.05) is 104 Å². The largest absolute Gasteiger partial charge is 0.455 e. The van der Waals surface area contributed by atoms with Gasteiger partial charge in [0.2, 0.25) is 0 Å². The SMILES string of the molecule is Cc1ccccc1CN(Cc1ccc(C(=O)NC(c2ccccc2)c2ccccc2)o1)C1CCCCC1. The Kier molecular flexibility index (Phi) is 8.17. The lowest BCUT2D eigenvalue weighted by atomic mass is 9.93. The zero-order valence-electron chi connectivity index (χ0n) is 21.6. The zero-order valence-corrected chi connectivity index (χ0v) is 21.6. The summed E-state index contributed by atoms with van der Waals surface area (Å²) in [5, 5.41) is 3.20. The number of amides is 1. The fourth-order valence-corrected chi connectivity index (χ4v) is 5.40. The molecule has 1 aliphatic rings. The summed E-state index contributed by atoms with van der Waals surface area (Å²) in [6, 6.07) is 32.8. The average molecular weight is 493 g/mol. The fourth-order valence-electron chi connectivity index (χ4n) is 5.40. The van der Waals surface area contributed by atoms with Gasteiger partial charge < -0.3 is 9.73 Å². The molecule has 0 aliphatic heterocycles. The second-order valence-electron chi connectivity index (χ2n) is 10.1. The molecule has 0 bridgehead atoms. The van der Waals surface area contributed by atoms with Crippen molar-refractivity contribution in [1.82, 2.24) is 10.2 Å². The fraction of sp³-hybridized carbons (Fsp3) is 0.303. The highest BCUT2D eigenvalue weighted by molar-refractivity contribution is 5.92. The van der Waals surface area contributed by atoms with Gasteiger partial charge in [0.25, 0.3) is 5.91 Å². The molecule has 0 spiro atoms. The van der Waals surface area contributed by atoms with Crippen molar-refractivity contribution in [2.24, 2.45) is 0 Å². The van der Waals surface area contributed by atoms with Gasteiger partial charge in [0.15, 0.2) is 5.76 Å². The summed E-state index contributed by atoms with van der Waals surface area (Å²) in [5.74, 6) is 0.985. The molecule has 37 heavy (non-hydrogen) atoms. The first-order chi connectivity index (χ1) is 18.2. The van der Waals surface area contributed by atoms with Gasteiger partial charge in [-0.15, -0.1) is 0 Å². The second-order valence-corrected chi connectivity index (χ2v) is 10.1. The van der Waals surface area contributed by atoms with Crippen molar-refractivity contribution in [3.05, 3.63) is 131 Å². The van der Waals surface area contributed by atoms with Crippen molar-refractivity contribution >= 4 is 5.91 Å². The summed E-state index contributed by atoms with van der Waals surface area (Å²) < 4.78 is 6.15. The number of aryl methyl sites for hydroxylation is 1. The summed E-state index contributed by atoms with van der Waals surface area (Å²) >= 11 is 0. The van der Waals surface area contributed by atoms with Crippen LogP contribution in [0.3, 0.4) is 0 Å². The normalized spacial score (nSPS) is 14.2. The molecular weight excluding hydrogens is 456 g/mol. The smallest absolute Gasteiger partial charge is 0.287 e. The molecule has 4 heteroatoms. The van der Waals surface area contributed by atoms with Gasteiger partial charge >= 0.3 is 0 Å². The number of hydrogen-bond donors (Lipinski definition) is 1. The summed E-state index contributed by atoms with van der Waals surface area (Å²) in [5.41, 5.74) is 4.74. The predicted octanol–water partition coefficient (Wildman–Crippen LogP) is 7.44. The number of hydrogen-bond acceptors (Lipinski definition) is 3. The van der Waals surface area contributed by atoms with Gasteiger partial charge in [0, 0.05) is 12.6 Å². The standard InChI is InChI=1S/C33H36N2O2/c1-25-13-11-12-18-28(25)23-35(29-19-9-4-10-20-29)24-30-21-22-31(37-30)33(36)34-32(26-14-5-2-6-15-26)27-16-7-3-8-17-27/h2-3,5-8,11-18,21-22,29,32H,4,9-10,19-20,23-24H2,1H3,(H,34,36). The van der Waals surface area contributed by atoms with Crippen LogP contribution in [0.25, 0.3) is 0 Å². The maximum absolute atomic E-state index is 13.3. The van der Waals surface area contributed by atoms with E-state index in [4.69, 9.17) is 4.42 Å². The minimum atomic E-state index is -0.247. The Hall–Kier alpha value is -3.63. The molecule has 190 valence electrons. The maximum atomic E-state index is 13.3. The number of benzene rings is 3. The van der Waals surface area contributed by atoms with Crippen molar-refractivity contribution in [3.8, 4) is 0 Å². The van der Waals surface area contributed by atoms with Crippen LogP contribution in [0.15, 0.2) is 101 Å². The van der Waals surface area contributed by atoms with E-state index >= 15 is 0 Å². The number of carbonyl (C=O) groups excluding carboxylic acids is 1. The summed E-state index contributed by atoms with van der Waals surface area (Å²) in [6.07, 6.45) is 6.32. The van der Waals surface area contributed by atoms with E-state index in [1.807, 2.05) is 72.8 Å². The molecule has 4 aromatic rings. The Balaban J connectivity index is 1.33. The molecule has 5 rings (SSSR count). The number of nitrogens with zero attached hydrogens (tertiary/aromatic N) is 1. The van der Waals surface area contributed by atoms with Crippen LogP contribution in [0.4, 0.5) is 0 Å². The summed E-state index contributed by atoms with van der Waals surface area (Å²) in [7, 11) is 0. The van der Waals surface area contributed by atoms with Gasteiger partial charge in [-0.3, -0.25) is 9.69 Å². The molecule has 0 unspecified atom stereocenters. The highest BCUT2D eigenvalue weighted by atomic mass is 16.4. The van der Waals surface area contributed by atoms with Crippen LogP contribution in [-0.4, -0.2) is 16.8 Å². The lowest BCUT2D eigenvalue weighted by molar-refractivity contribution is 0.0905. The van der Waals surface area contributed by atoms with Crippen LogP contribution in [-0.2, 0) is 13.1 Å². The van der Waals surface area contributed by atoms with Crippen LogP contribution in [0, 0.1) is 6.92 Å². The second kappa shape index (κ2) is 12.1. The molecule has 3 aromatic carbocycles. The Morgan fingerprint density at radius 3 is 2.08 bits per heavy atom. The van der Waals surface area contributed by atoms with Gasteiger partial charge in [-0.05, 0) is 54.2 Å². The summed E-state index contributed by atoms with van der Waals surface area (Å²) in [4.78, 5) is 15.9. The first kappa shape index (κ1) is 25.0. The molecule has 1 fully saturated rings. The minimum absolute atomic E-state index is 0.202. The third-order valence-corrected chi connectivity index (χ3v) is 7.51. The van der Waals surface area contributed by atoms with Crippen molar-refractivity contribution in [1.29, 1.82) is 0 Å². The number of rotatable bonds is 9. The Bertz CT molecular complexity index is 1240. The van der Waals surface area contributed by atoms with E-state index in [2.05, 4.69) is 41.4 Å². The van der Waals surface area contributed by atoms with E-state index in [1.54, 1.807) is 0 Å². The van der Waals surface area contributed by atoms with E-state index in [9.17, 15) is 4.79 Å².